The lowest BCUT2D eigenvalue weighted by Crippen LogP contribution is -2.52. The normalized spacial score (nSPS) is 25.9. The van der Waals surface area contributed by atoms with E-state index in [2.05, 4.69) is 30.1 Å². The zero-order chi connectivity index (χ0) is 12.7. The van der Waals surface area contributed by atoms with E-state index in [0.29, 0.717) is 6.04 Å². The summed E-state index contributed by atoms with van der Waals surface area (Å²) in [5, 5.41) is 12.7. The summed E-state index contributed by atoms with van der Waals surface area (Å²) in [5.41, 5.74) is -0.394. The van der Waals surface area contributed by atoms with Gasteiger partial charge < -0.3 is 0 Å². The second-order valence-electron chi connectivity index (χ2n) is 5.54. The summed E-state index contributed by atoms with van der Waals surface area (Å²) in [4.78, 5) is 2.48. The summed E-state index contributed by atoms with van der Waals surface area (Å²) in [5.74, 6) is 0. The quantitative estimate of drug-likeness (QED) is 0.798. The molecule has 1 saturated heterocycles. The molecule has 0 radical (unpaired) electrons. The molecule has 3 nitrogen and oxygen atoms in total. The molecule has 0 aromatic rings. The van der Waals surface area contributed by atoms with E-state index in [1.54, 1.807) is 0 Å². The summed E-state index contributed by atoms with van der Waals surface area (Å²) in [6, 6.07) is 3.07. The van der Waals surface area contributed by atoms with Crippen molar-refractivity contribution in [3.8, 4) is 6.07 Å². The largest absolute Gasteiger partial charge is 0.299 e. The van der Waals surface area contributed by atoms with Crippen LogP contribution in [0.25, 0.3) is 0 Å². The molecular formula is C14H27N3. The van der Waals surface area contributed by atoms with Gasteiger partial charge in [-0.25, -0.2) is 0 Å². The molecule has 1 heterocycles. The first-order valence-electron chi connectivity index (χ1n) is 7.01. The molecule has 0 aliphatic carbocycles. The van der Waals surface area contributed by atoms with Gasteiger partial charge in [0.25, 0.3) is 0 Å². The number of nitriles is 1. The third-order valence-electron chi connectivity index (χ3n) is 3.72. The Morgan fingerprint density at radius 1 is 1.41 bits per heavy atom. The van der Waals surface area contributed by atoms with Gasteiger partial charge in [0.1, 0.15) is 5.54 Å². The van der Waals surface area contributed by atoms with E-state index in [1.165, 1.54) is 25.7 Å². The number of hydrogen-bond acceptors (Lipinski definition) is 3. The number of rotatable bonds is 5. The molecule has 0 aromatic heterocycles. The lowest BCUT2D eigenvalue weighted by Gasteiger charge is -2.34. The molecule has 0 amide bonds. The van der Waals surface area contributed by atoms with Crippen molar-refractivity contribution < 1.29 is 0 Å². The van der Waals surface area contributed by atoms with Crippen LogP contribution in [0.15, 0.2) is 0 Å². The molecule has 1 aliphatic rings. The van der Waals surface area contributed by atoms with Gasteiger partial charge >= 0.3 is 0 Å². The Hall–Kier alpha value is -0.590. The van der Waals surface area contributed by atoms with Crippen LogP contribution in [-0.4, -0.2) is 36.1 Å². The van der Waals surface area contributed by atoms with Gasteiger partial charge in [-0.15, -0.1) is 0 Å². The minimum atomic E-state index is -0.394. The van der Waals surface area contributed by atoms with E-state index in [4.69, 9.17) is 0 Å². The van der Waals surface area contributed by atoms with Crippen molar-refractivity contribution >= 4 is 0 Å². The highest BCUT2D eigenvalue weighted by Gasteiger charge is 2.28. The molecule has 2 atom stereocenters. The Kier molecular flexibility index (Phi) is 5.94. The maximum Gasteiger partial charge on any atom is 0.116 e. The highest BCUT2D eigenvalue weighted by Crippen LogP contribution is 2.18. The SMILES string of the molecule is CCCNC(C)(C#N)CN1CCCCCC1C. The molecule has 1 N–H and O–H groups in total. The molecule has 17 heavy (non-hydrogen) atoms. The van der Waals surface area contributed by atoms with E-state index in [-0.39, 0.29) is 0 Å². The second kappa shape index (κ2) is 6.98. The minimum absolute atomic E-state index is 0.394. The molecule has 1 fully saturated rings. The van der Waals surface area contributed by atoms with E-state index in [0.717, 1.165) is 26.1 Å². The number of hydrogen-bond donors (Lipinski definition) is 1. The number of nitrogens with zero attached hydrogens (tertiary/aromatic N) is 2. The summed E-state index contributed by atoms with van der Waals surface area (Å²) in [6.07, 6.45) is 6.30. The second-order valence-corrected chi connectivity index (χ2v) is 5.54. The minimum Gasteiger partial charge on any atom is -0.299 e. The van der Waals surface area contributed by atoms with Gasteiger partial charge in [0.15, 0.2) is 0 Å². The Balaban J connectivity index is 2.56. The summed E-state index contributed by atoms with van der Waals surface area (Å²) in [6.45, 7) is 9.38. The van der Waals surface area contributed by atoms with Crippen LogP contribution < -0.4 is 5.32 Å². The van der Waals surface area contributed by atoms with Crippen LogP contribution in [-0.2, 0) is 0 Å². The predicted octanol–water partition coefficient (Wildman–Crippen LogP) is 2.53. The van der Waals surface area contributed by atoms with Crippen LogP contribution in [0.2, 0.25) is 0 Å². The molecule has 0 aromatic carbocycles. The van der Waals surface area contributed by atoms with Crippen LogP contribution in [0.3, 0.4) is 0 Å². The van der Waals surface area contributed by atoms with Crippen molar-refractivity contribution in [2.24, 2.45) is 0 Å². The molecule has 2 unspecified atom stereocenters. The van der Waals surface area contributed by atoms with Crippen molar-refractivity contribution in [2.45, 2.75) is 64.5 Å². The fraction of sp³-hybridized carbons (Fsp3) is 0.929. The lowest BCUT2D eigenvalue weighted by molar-refractivity contribution is 0.173. The zero-order valence-electron chi connectivity index (χ0n) is 11.6. The molecule has 1 rings (SSSR count). The van der Waals surface area contributed by atoms with Crippen LogP contribution in [0.5, 0.6) is 0 Å². The standard InChI is InChI=1S/C14H27N3/c1-4-9-16-14(3,11-15)12-17-10-7-5-6-8-13(17)2/h13,16H,4-10,12H2,1-3H3. The molecule has 3 heteroatoms. The van der Waals surface area contributed by atoms with E-state index >= 15 is 0 Å². The Bertz CT molecular complexity index is 259. The molecule has 98 valence electrons. The maximum absolute atomic E-state index is 9.36. The molecule has 0 saturated carbocycles. The van der Waals surface area contributed by atoms with Crippen LogP contribution in [0, 0.1) is 11.3 Å². The van der Waals surface area contributed by atoms with Crippen LogP contribution in [0.4, 0.5) is 0 Å². The van der Waals surface area contributed by atoms with Gasteiger partial charge in [0, 0.05) is 12.6 Å². The smallest absolute Gasteiger partial charge is 0.116 e. The van der Waals surface area contributed by atoms with Gasteiger partial charge in [-0.3, -0.25) is 10.2 Å². The number of nitrogens with one attached hydrogen (secondary N) is 1. The topological polar surface area (TPSA) is 39.1 Å². The fourth-order valence-corrected chi connectivity index (χ4v) is 2.51. The maximum atomic E-state index is 9.36. The van der Waals surface area contributed by atoms with Crippen LogP contribution >= 0.6 is 0 Å². The summed E-state index contributed by atoms with van der Waals surface area (Å²) < 4.78 is 0. The highest BCUT2D eigenvalue weighted by atomic mass is 15.2. The van der Waals surface area contributed by atoms with Crippen molar-refractivity contribution in [1.82, 2.24) is 10.2 Å². The molecule has 1 aliphatic heterocycles. The third-order valence-corrected chi connectivity index (χ3v) is 3.72. The first-order valence-corrected chi connectivity index (χ1v) is 7.01. The van der Waals surface area contributed by atoms with Crippen molar-refractivity contribution in [2.75, 3.05) is 19.6 Å². The number of likely N-dealkylation sites (tertiary alicyclic amines) is 1. The first-order chi connectivity index (χ1) is 8.11. The Labute approximate surface area is 106 Å². The van der Waals surface area contributed by atoms with Crippen molar-refractivity contribution in [1.29, 1.82) is 5.26 Å². The van der Waals surface area contributed by atoms with Gasteiger partial charge in [0.05, 0.1) is 6.07 Å². The van der Waals surface area contributed by atoms with Gasteiger partial charge in [0.2, 0.25) is 0 Å². The van der Waals surface area contributed by atoms with Crippen molar-refractivity contribution in [3.05, 3.63) is 0 Å². The third kappa shape index (κ3) is 4.65. The predicted molar refractivity (Wildman–Crippen MR) is 71.8 cm³/mol. The van der Waals surface area contributed by atoms with E-state index < -0.39 is 5.54 Å². The average Bonchev–Trinajstić information content (AvgIpc) is 2.52. The lowest BCUT2D eigenvalue weighted by atomic mass is 10.0. The summed E-state index contributed by atoms with van der Waals surface area (Å²) >= 11 is 0. The zero-order valence-corrected chi connectivity index (χ0v) is 11.6. The van der Waals surface area contributed by atoms with Gasteiger partial charge in [-0.1, -0.05) is 19.8 Å². The Morgan fingerprint density at radius 3 is 2.82 bits per heavy atom. The van der Waals surface area contributed by atoms with E-state index in [1.807, 2.05) is 6.92 Å². The monoisotopic (exact) mass is 237 g/mol. The average molecular weight is 237 g/mol. The fourth-order valence-electron chi connectivity index (χ4n) is 2.51. The molecular weight excluding hydrogens is 210 g/mol. The van der Waals surface area contributed by atoms with Gasteiger partial charge in [-0.05, 0) is 46.2 Å². The van der Waals surface area contributed by atoms with Gasteiger partial charge in [-0.2, -0.15) is 5.26 Å². The molecule has 0 bridgehead atoms. The highest BCUT2D eigenvalue weighted by molar-refractivity contribution is 5.06. The van der Waals surface area contributed by atoms with Crippen LogP contribution in [0.1, 0.15) is 52.9 Å². The van der Waals surface area contributed by atoms with Crippen molar-refractivity contribution in [3.63, 3.8) is 0 Å². The molecule has 0 spiro atoms. The first kappa shape index (κ1) is 14.5. The Morgan fingerprint density at radius 2 is 2.18 bits per heavy atom. The van der Waals surface area contributed by atoms with E-state index in [9.17, 15) is 5.26 Å². The summed E-state index contributed by atoms with van der Waals surface area (Å²) in [7, 11) is 0.